The summed E-state index contributed by atoms with van der Waals surface area (Å²) in [6, 6.07) is 5.55. The molecule has 0 radical (unpaired) electrons. The van der Waals surface area contributed by atoms with Gasteiger partial charge < -0.3 is 15.2 Å². The van der Waals surface area contributed by atoms with E-state index in [-0.39, 0.29) is 0 Å². The molecule has 0 aliphatic carbocycles. The second kappa shape index (κ2) is 6.71. The average molecular weight is 256 g/mol. The van der Waals surface area contributed by atoms with E-state index < -0.39 is 5.60 Å². The molecule has 0 amide bonds. The monoisotopic (exact) mass is 256 g/mol. The summed E-state index contributed by atoms with van der Waals surface area (Å²) in [6.45, 7) is 4.80. The van der Waals surface area contributed by atoms with E-state index in [1.807, 2.05) is 38.3 Å². The molecular formula is C12H20N2O2S. The lowest BCUT2D eigenvalue weighted by atomic mass is 10.1. The zero-order valence-electron chi connectivity index (χ0n) is 10.6. The van der Waals surface area contributed by atoms with E-state index in [4.69, 9.17) is 4.74 Å². The van der Waals surface area contributed by atoms with Crippen molar-refractivity contribution in [1.82, 2.24) is 4.98 Å². The fraction of sp³-hybridized carbons (Fsp3) is 0.583. The van der Waals surface area contributed by atoms with Crippen molar-refractivity contribution in [2.75, 3.05) is 30.5 Å². The van der Waals surface area contributed by atoms with Gasteiger partial charge >= 0.3 is 0 Å². The SMILES string of the molecule is CCOc1cccc(NCC(C)(O)CSC)n1. The molecular weight excluding hydrogens is 236 g/mol. The first kappa shape index (κ1) is 14.1. The highest BCUT2D eigenvalue weighted by Gasteiger charge is 2.19. The van der Waals surface area contributed by atoms with E-state index in [1.165, 1.54) is 0 Å². The fourth-order valence-corrected chi connectivity index (χ4v) is 2.11. The molecule has 0 aliphatic heterocycles. The Morgan fingerprint density at radius 3 is 2.94 bits per heavy atom. The maximum atomic E-state index is 10.0. The van der Waals surface area contributed by atoms with Crippen molar-refractivity contribution in [2.24, 2.45) is 0 Å². The third-order valence-electron chi connectivity index (χ3n) is 2.12. The first-order valence-electron chi connectivity index (χ1n) is 5.62. The van der Waals surface area contributed by atoms with E-state index in [9.17, 15) is 5.11 Å². The Morgan fingerprint density at radius 1 is 1.53 bits per heavy atom. The number of hydrogen-bond acceptors (Lipinski definition) is 5. The Morgan fingerprint density at radius 2 is 2.29 bits per heavy atom. The predicted octanol–water partition coefficient (Wildman–Crippen LogP) is 2.01. The van der Waals surface area contributed by atoms with Crippen molar-refractivity contribution in [3.8, 4) is 5.88 Å². The number of aliphatic hydroxyl groups is 1. The van der Waals surface area contributed by atoms with Crippen molar-refractivity contribution >= 4 is 17.6 Å². The summed E-state index contributed by atoms with van der Waals surface area (Å²) >= 11 is 1.62. The van der Waals surface area contributed by atoms with Gasteiger partial charge in [-0.1, -0.05) is 6.07 Å². The third-order valence-corrected chi connectivity index (χ3v) is 3.03. The molecule has 0 aliphatic rings. The maximum Gasteiger partial charge on any atom is 0.215 e. The summed E-state index contributed by atoms with van der Waals surface area (Å²) in [5.74, 6) is 2.00. The van der Waals surface area contributed by atoms with Gasteiger partial charge in [0.2, 0.25) is 5.88 Å². The standard InChI is InChI=1S/C12H20N2O2S/c1-4-16-11-7-5-6-10(14-11)13-8-12(2,15)9-17-3/h5-7,15H,4,8-9H2,1-3H3,(H,13,14). The third kappa shape index (κ3) is 5.28. The molecule has 17 heavy (non-hydrogen) atoms. The molecule has 1 atom stereocenters. The van der Waals surface area contributed by atoms with Gasteiger partial charge in [0.05, 0.1) is 12.2 Å². The Hall–Kier alpha value is -0.940. The molecule has 1 unspecified atom stereocenters. The Labute approximate surface area is 107 Å². The number of thioether (sulfide) groups is 1. The van der Waals surface area contributed by atoms with Crippen LogP contribution in [-0.2, 0) is 0 Å². The zero-order chi connectivity index (χ0) is 12.7. The molecule has 96 valence electrons. The Balaban J connectivity index is 2.53. The summed E-state index contributed by atoms with van der Waals surface area (Å²) in [5.41, 5.74) is -0.733. The van der Waals surface area contributed by atoms with Crippen molar-refractivity contribution in [1.29, 1.82) is 0 Å². The number of aromatic nitrogens is 1. The summed E-state index contributed by atoms with van der Waals surface area (Å²) in [5, 5.41) is 13.1. The Bertz CT molecular complexity index is 345. The molecule has 1 heterocycles. The summed E-state index contributed by atoms with van der Waals surface area (Å²) in [4.78, 5) is 4.27. The number of hydrogen-bond donors (Lipinski definition) is 2. The van der Waals surface area contributed by atoms with Crippen LogP contribution in [0.4, 0.5) is 5.82 Å². The fourth-order valence-electron chi connectivity index (χ4n) is 1.38. The minimum absolute atomic E-state index is 0.469. The lowest BCUT2D eigenvalue weighted by molar-refractivity contribution is 0.0996. The van der Waals surface area contributed by atoms with Crippen molar-refractivity contribution in [2.45, 2.75) is 19.4 Å². The van der Waals surface area contributed by atoms with E-state index in [2.05, 4.69) is 10.3 Å². The number of anilines is 1. The number of rotatable bonds is 7. The van der Waals surface area contributed by atoms with Crippen LogP contribution < -0.4 is 10.1 Å². The molecule has 0 fully saturated rings. The highest BCUT2D eigenvalue weighted by molar-refractivity contribution is 7.98. The number of nitrogens with one attached hydrogen (secondary N) is 1. The summed E-state index contributed by atoms with van der Waals surface area (Å²) in [7, 11) is 0. The Kier molecular flexibility index (Phi) is 5.58. The molecule has 5 heteroatoms. The molecule has 1 aromatic rings. The number of pyridine rings is 1. The molecule has 2 N–H and O–H groups in total. The molecule has 1 rings (SSSR count). The van der Waals surface area contributed by atoms with Crippen LogP contribution in [0, 0.1) is 0 Å². The van der Waals surface area contributed by atoms with Gasteiger partial charge in [0.15, 0.2) is 0 Å². The second-order valence-electron chi connectivity index (χ2n) is 4.08. The maximum absolute atomic E-state index is 10.0. The van der Waals surface area contributed by atoms with Crippen LogP contribution in [0.5, 0.6) is 5.88 Å². The van der Waals surface area contributed by atoms with E-state index in [0.717, 1.165) is 5.82 Å². The number of nitrogens with zero attached hydrogens (tertiary/aromatic N) is 1. The lowest BCUT2D eigenvalue weighted by Crippen LogP contribution is -2.36. The van der Waals surface area contributed by atoms with Gasteiger partial charge in [-0.15, -0.1) is 0 Å². The van der Waals surface area contributed by atoms with Gasteiger partial charge in [0, 0.05) is 18.4 Å². The molecule has 0 saturated heterocycles. The molecule has 0 bridgehead atoms. The first-order valence-corrected chi connectivity index (χ1v) is 7.02. The van der Waals surface area contributed by atoms with Crippen molar-refractivity contribution < 1.29 is 9.84 Å². The van der Waals surface area contributed by atoms with E-state index in [1.54, 1.807) is 11.8 Å². The highest BCUT2D eigenvalue weighted by atomic mass is 32.2. The van der Waals surface area contributed by atoms with Crippen LogP contribution >= 0.6 is 11.8 Å². The molecule has 4 nitrogen and oxygen atoms in total. The molecule has 1 aromatic heterocycles. The predicted molar refractivity (Wildman–Crippen MR) is 72.9 cm³/mol. The van der Waals surface area contributed by atoms with Crippen molar-refractivity contribution in [3.05, 3.63) is 18.2 Å². The van der Waals surface area contributed by atoms with Crippen LogP contribution in [0.2, 0.25) is 0 Å². The molecule has 0 spiro atoms. The molecule has 0 aromatic carbocycles. The zero-order valence-corrected chi connectivity index (χ0v) is 11.4. The van der Waals surface area contributed by atoms with Crippen LogP contribution in [-0.4, -0.2) is 40.9 Å². The summed E-state index contributed by atoms with van der Waals surface area (Å²) < 4.78 is 5.31. The largest absolute Gasteiger partial charge is 0.478 e. The van der Waals surface area contributed by atoms with Crippen molar-refractivity contribution in [3.63, 3.8) is 0 Å². The smallest absolute Gasteiger partial charge is 0.215 e. The number of ether oxygens (including phenoxy) is 1. The quantitative estimate of drug-likeness (QED) is 0.781. The van der Waals surface area contributed by atoms with E-state index >= 15 is 0 Å². The van der Waals surface area contributed by atoms with Gasteiger partial charge in [0.1, 0.15) is 5.82 Å². The van der Waals surface area contributed by atoms with Crippen LogP contribution in [0.25, 0.3) is 0 Å². The second-order valence-corrected chi connectivity index (χ2v) is 4.94. The lowest BCUT2D eigenvalue weighted by Gasteiger charge is -2.22. The van der Waals surface area contributed by atoms with Crippen LogP contribution in [0.3, 0.4) is 0 Å². The highest BCUT2D eigenvalue weighted by Crippen LogP contribution is 2.14. The van der Waals surface area contributed by atoms with Crippen LogP contribution in [0.1, 0.15) is 13.8 Å². The summed E-state index contributed by atoms with van der Waals surface area (Å²) in [6.07, 6.45) is 1.97. The minimum atomic E-state index is -0.733. The van der Waals surface area contributed by atoms with E-state index in [0.29, 0.717) is 24.8 Å². The van der Waals surface area contributed by atoms with Gasteiger partial charge in [-0.3, -0.25) is 0 Å². The average Bonchev–Trinajstić information content (AvgIpc) is 2.28. The molecule has 0 saturated carbocycles. The van der Waals surface area contributed by atoms with Gasteiger partial charge in [-0.2, -0.15) is 16.7 Å². The first-order chi connectivity index (χ1) is 8.07. The topological polar surface area (TPSA) is 54.4 Å². The normalized spacial score (nSPS) is 14.1. The van der Waals surface area contributed by atoms with Crippen LogP contribution in [0.15, 0.2) is 18.2 Å². The van der Waals surface area contributed by atoms with Gasteiger partial charge in [-0.25, -0.2) is 0 Å². The van der Waals surface area contributed by atoms with Gasteiger partial charge in [-0.05, 0) is 26.2 Å². The van der Waals surface area contributed by atoms with Gasteiger partial charge in [0.25, 0.3) is 0 Å². The minimum Gasteiger partial charge on any atom is -0.478 e.